The van der Waals surface area contributed by atoms with Gasteiger partial charge in [0.2, 0.25) is 6.29 Å². The van der Waals surface area contributed by atoms with Crippen LogP contribution in [0.5, 0.6) is 0 Å². The minimum atomic E-state index is -1.71. The number of hydrogen-bond donors (Lipinski definition) is 6. The fraction of sp³-hybridized carbons (Fsp3) is 0.667. The number of carboxylic acids is 1. The van der Waals surface area contributed by atoms with Crippen LogP contribution < -0.4 is 0 Å². The molecule has 6 N–H and O–H groups in total. The first-order valence-corrected chi connectivity index (χ1v) is 9.22. The Morgan fingerprint density at radius 2 is 1.77 bits per heavy atom. The standard InChI is InChI=1S/C18H24O12/c1-6(20)27-4-7-2-9(21)12-8(16(25)26)5-28-17(11(7)12)30-18-15(24)14(23)13(22)10(3-19)29-18/h2,5,9-15,17-19,21-24H,3-4H2,1H3,(H,25,26)/t9-,10-,11-,12+,13-,14+,15-,17+,18+/m1/s1. The fourth-order valence-corrected chi connectivity index (χ4v) is 3.85. The van der Waals surface area contributed by atoms with Crippen LogP contribution in [0.25, 0.3) is 0 Å². The van der Waals surface area contributed by atoms with Crippen molar-refractivity contribution >= 4 is 11.9 Å². The zero-order valence-electron chi connectivity index (χ0n) is 15.9. The highest BCUT2D eigenvalue weighted by Crippen LogP contribution is 2.44. The molecule has 12 heteroatoms. The van der Waals surface area contributed by atoms with Gasteiger partial charge in [-0.15, -0.1) is 0 Å². The van der Waals surface area contributed by atoms with Gasteiger partial charge in [0.15, 0.2) is 6.29 Å². The second kappa shape index (κ2) is 8.98. The van der Waals surface area contributed by atoms with Gasteiger partial charge in [0.1, 0.15) is 31.0 Å². The Hall–Kier alpha value is -2.06. The van der Waals surface area contributed by atoms with Crippen molar-refractivity contribution in [3.05, 3.63) is 23.5 Å². The van der Waals surface area contributed by atoms with Crippen LogP contribution in [0.15, 0.2) is 23.5 Å². The summed E-state index contributed by atoms with van der Waals surface area (Å²) in [6, 6.07) is 0. The molecule has 12 nitrogen and oxygen atoms in total. The molecule has 0 aromatic rings. The number of carbonyl (C=O) groups is 2. The highest BCUT2D eigenvalue weighted by Gasteiger charge is 2.52. The molecule has 3 rings (SSSR count). The van der Waals surface area contributed by atoms with Crippen molar-refractivity contribution in [3.63, 3.8) is 0 Å². The molecule has 9 atom stereocenters. The molecular formula is C18H24O12. The first-order chi connectivity index (χ1) is 14.1. The summed E-state index contributed by atoms with van der Waals surface area (Å²) in [6.45, 7) is 0.269. The van der Waals surface area contributed by atoms with Crippen LogP contribution >= 0.6 is 0 Å². The van der Waals surface area contributed by atoms with Crippen LogP contribution in [0, 0.1) is 11.8 Å². The summed E-state index contributed by atoms with van der Waals surface area (Å²) in [5, 5.41) is 59.1. The lowest BCUT2D eigenvalue weighted by Gasteiger charge is -2.43. The summed E-state index contributed by atoms with van der Waals surface area (Å²) < 4.78 is 21.3. The van der Waals surface area contributed by atoms with E-state index in [2.05, 4.69) is 0 Å². The van der Waals surface area contributed by atoms with Crippen LogP contribution in [0.2, 0.25) is 0 Å². The number of aliphatic hydroxyl groups excluding tert-OH is 5. The second-order valence-electron chi connectivity index (χ2n) is 7.28. The molecule has 0 spiro atoms. The number of carbonyl (C=O) groups excluding carboxylic acids is 1. The number of esters is 1. The summed E-state index contributed by atoms with van der Waals surface area (Å²) >= 11 is 0. The number of fused-ring (bicyclic) bond motifs is 1. The smallest absolute Gasteiger partial charge is 0.335 e. The van der Waals surface area contributed by atoms with Crippen molar-refractivity contribution in [2.24, 2.45) is 11.8 Å². The SMILES string of the molecule is CC(=O)OCC1=C[C@@H](O)[C@@H]2C(C(=O)O)=CO[C@@H](O[C@@H]3O[C@H](CO)[C@@H](O)[C@H](O)[C@H]3O)[C@H]12. The monoisotopic (exact) mass is 432 g/mol. The average Bonchev–Trinajstić information content (AvgIpc) is 3.03. The number of aliphatic hydroxyl groups is 5. The highest BCUT2D eigenvalue weighted by molar-refractivity contribution is 5.87. The molecule has 3 aliphatic rings. The number of carboxylic acid groups (broad SMARTS) is 1. The van der Waals surface area contributed by atoms with Crippen molar-refractivity contribution in [3.8, 4) is 0 Å². The van der Waals surface area contributed by atoms with Gasteiger partial charge in [-0.25, -0.2) is 4.79 Å². The van der Waals surface area contributed by atoms with Crippen LogP contribution in [0.1, 0.15) is 6.92 Å². The van der Waals surface area contributed by atoms with Gasteiger partial charge in [0, 0.05) is 12.8 Å². The van der Waals surface area contributed by atoms with Crippen molar-refractivity contribution in [1.29, 1.82) is 0 Å². The van der Waals surface area contributed by atoms with Gasteiger partial charge in [0.05, 0.1) is 30.5 Å². The Balaban J connectivity index is 1.85. The van der Waals surface area contributed by atoms with Gasteiger partial charge >= 0.3 is 11.9 Å². The normalized spacial score (nSPS) is 40.7. The second-order valence-corrected chi connectivity index (χ2v) is 7.28. The number of ether oxygens (including phenoxy) is 4. The summed E-state index contributed by atoms with van der Waals surface area (Å²) in [4.78, 5) is 22.7. The molecule has 1 aliphatic carbocycles. The van der Waals surface area contributed by atoms with E-state index < -0.39 is 73.5 Å². The Morgan fingerprint density at radius 1 is 1.07 bits per heavy atom. The lowest BCUT2D eigenvalue weighted by Crippen LogP contribution is -2.60. The molecular weight excluding hydrogens is 408 g/mol. The first kappa shape index (κ1) is 22.6. The van der Waals surface area contributed by atoms with E-state index in [0.29, 0.717) is 5.57 Å². The molecule has 0 saturated carbocycles. The first-order valence-electron chi connectivity index (χ1n) is 9.22. The van der Waals surface area contributed by atoms with E-state index in [-0.39, 0.29) is 12.2 Å². The minimum absolute atomic E-state index is 0.227. The molecule has 1 saturated heterocycles. The van der Waals surface area contributed by atoms with Gasteiger partial charge in [0.25, 0.3) is 0 Å². The summed E-state index contributed by atoms with van der Waals surface area (Å²) in [7, 11) is 0. The van der Waals surface area contributed by atoms with Gasteiger partial charge in [-0.3, -0.25) is 4.79 Å². The predicted molar refractivity (Wildman–Crippen MR) is 93.1 cm³/mol. The van der Waals surface area contributed by atoms with E-state index >= 15 is 0 Å². The predicted octanol–water partition coefficient (Wildman–Crippen LogP) is -2.78. The molecule has 0 radical (unpaired) electrons. The number of hydrogen-bond acceptors (Lipinski definition) is 11. The maximum atomic E-state index is 11.6. The maximum Gasteiger partial charge on any atom is 0.335 e. The third kappa shape index (κ3) is 4.21. The summed E-state index contributed by atoms with van der Waals surface area (Å²) in [5.74, 6) is -3.82. The number of aliphatic carboxylic acids is 1. The van der Waals surface area contributed by atoms with E-state index in [9.17, 15) is 40.2 Å². The topological polar surface area (TPSA) is 192 Å². The van der Waals surface area contributed by atoms with E-state index in [4.69, 9.17) is 18.9 Å². The average molecular weight is 432 g/mol. The molecule has 0 unspecified atom stereocenters. The van der Waals surface area contributed by atoms with E-state index in [1.54, 1.807) is 0 Å². The van der Waals surface area contributed by atoms with E-state index in [0.717, 1.165) is 6.26 Å². The van der Waals surface area contributed by atoms with Gasteiger partial charge in [-0.1, -0.05) is 6.08 Å². The molecule has 0 aromatic carbocycles. The minimum Gasteiger partial charge on any atom is -0.478 e. The molecule has 0 amide bonds. The Kier molecular flexibility index (Phi) is 6.77. The third-order valence-corrected chi connectivity index (χ3v) is 5.36. The Labute approximate surface area is 170 Å². The highest BCUT2D eigenvalue weighted by atomic mass is 16.8. The lowest BCUT2D eigenvalue weighted by atomic mass is 9.82. The van der Waals surface area contributed by atoms with Gasteiger partial charge < -0.3 is 49.6 Å². The van der Waals surface area contributed by atoms with Crippen LogP contribution in [0.3, 0.4) is 0 Å². The quantitative estimate of drug-likeness (QED) is 0.187. The van der Waals surface area contributed by atoms with E-state index in [1.165, 1.54) is 13.0 Å². The van der Waals surface area contributed by atoms with E-state index in [1.807, 2.05) is 0 Å². The van der Waals surface area contributed by atoms with Crippen LogP contribution in [0.4, 0.5) is 0 Å². The molecule has 1 fully saturated rings. The van der Waals surface area contributed by atoms with Crippen LogP contribution in [-0.4, -0.2) is 98.9 Å². The fourth-order valence-electron chi connectivity index (χ4n) is 3.85. The lowest BCUT2D eigenvalue weighted by molar-refractivity contribution is -0.340. The Bertz CT molecular complexity index is 731. The largest absolute Gasteiger partial charge is 0.478 e. The molecule has 2 heterocycles. The molecule has 2 aliphatic heterocycles. The third-order valence-electron chi connectivity index (χ3n) is 5.36. The van der Waals surface area contributed by atoms with Gasteiger partial charge in [-0.05, 0) is 5.57 Å². The zero-order valence-corrected chi connectivity index (χ0v) is 15.9. The van der Waals surface area contributed by atoms with Crippen LogP contribution in [-0.2, 0) is 28.5 Å². The molecule has 0 bridgehead atoms. The zero-order chi connectivity index (χ0) is 22.2. The van der Waals surface area contributed by atoms with Crippen molar-refractivity contribution in [2.75, 3.05) is 13.2 Å². The van der Waals surface area contributed by atoms with Gasteiger partial charge in [-0.2, -0.15) is 0 Å². The maximum absolute atomic E-state index is 11.6. The molecule has 0 aromatic heterocycles. The summed E-state index contributed by atoms with van der Waals surface area (Å²) in [6.07, 6.45) is -8.01. The van der Waals surface area contributed by atoms with Crippen molar-refractivity contribution in [2.45, 2.75) is 50.0 Å². The van der Waals surface area contributed by atoms with Crippen molar-refractivity contribution in [1.82, 2.24) is 0 Å². The molecule has 30 heavy (non-hydrogen) atoms. The number of rotatable bonds is 6. The molecule has 168 valence electrons. The summed E-state index contributed by atoms with van der Waals surface area (Å²) in [5.41, 5.74) is 0.111. The van der Waals surface area contributed by atoms with Crippen molar-refractivity contribution < 1.29 is 59.2 Å². The Morgan fingerprint density at radius 3 is 2.37 bits per heavy atom.